The lowest BCUT2D eigenvalue weighted by molar-refractivity contribution is -0.657. The van der Waals surface area contributed by atoms with Crippen molar-refractivity contribution in [2.24, 2.45) is 5.92 Å². The van der Waals surface area contributed by atoms with E-state index in [2.05, 4.69) is 30.7 Å². The van der Waals surface area contributed by atoms with Gasteiger partial charge in [0.2, 0.25) is 5.91 Å². The predicted octanol–water partition coefficient (Wildman–Crippen LogP) is 5.21. The van der Waals surface area contributed by atoms with Gasteiger partial charge in [0.15, 0.2) is 5.15 Å². The minimum absolute atomic E-state index is 0.0889. The summed E-state index contributed by atoms with van der Waals surface area (Å²) in [6.45, 7) is 1.90. The van der Waals surface area contributed by atoms with Gasteiger partial charge in [0.05, 0.1) is 35.6 Å². The van der Waals surface area contributed by atoms with Gasteiger partial charge in [-0.05, 0) is 54.2 Å². The number of carbonyl (C=O) groups is 1. The first-order valence-electron chi connectivity index (χ1n) is 14.6. The second kappa shape index (κ2) is 12.3. The molecule has 1 amide bonds. The van der Waals surface area contributed by atoms with E-state index in [1.807, 2.05) is 43.5 Å². The number of hydrogen-bond donors (Lipinski definition) is 2. The monoisotopic (exact) mass is 653 g/mol. The smallest absolute Gasteiger partial charge is 0.321 e. The molecule has 0 saturated heterocycles. The quantitative estimate of drug-likeness (QED) is 0.249. The van der Waals surface area contributed by atoms with Crippen LogP contribution in [0.4, 0.5) is 5.69 Å². The maximum atomic E-state index is 13.8. The number of pyridine rings is 2. The molecule has 0 aliphatic carbocycles. The average molecular weight is 655 g/mol. The van der Waals surface area contributed by atoms with E-state index in [4.69, 9.17) is 28.2 Å². The molecule has 0 spiro atoms. The molecule has 230 valence electrons. The normalized spacial score (nSPS) is 16.6. The number of halogens is 2. The van der Waals surface area contributed by atoms with Crippen LogP contribution >= 0.6 is 23.2 Å². The Kier molecular flexibility index (Phi) is 7.89. The first-order chi connectivity index (χ1) is 22.3. The van der Waals surface area contributed by atoms with Crippen LogP contribution in [0.1, 0.15) is 37.9 Å². The van der Waals surface area contributed by atoms with Crippen molar-refractivity contribution in [3.05, 3.63) is 112 Å². The van der Waals surface area contributed by atoms with Gasteiger partial charge in [0.1, 0.15) is 23.8 Å². The van der Waals surface area contributed by atoms with Crippen molar-refractivity contribution in [1.29, 1.82) is 0 Å². The van der Waals surface area contributed by atoms with E-state index < -0.39 is 6.04 Å². The van der Waals surface area contributed by atoms with Crippen LogP contribution in [0.2, 0.25) is 10.2 Å². The Morgan fingerprint density at radius 2 is 1.87 bits per heavy atom. The van der Waals surface area contributed by atoms with E-state index in [1.54, 1.807) is 46.0 Å². The number of rotatable bonds is 4. The van der Waals surface area contributed by atoms with E-state index in [9.17, 15) is 9.59 Å². The molecule has 46 heavy (non-hydrogen) atoms. The molecule has 0 fully saturated rings. The first kappa shape index (κ1) is 29.5. The van der Waals surface area contributed by atoms with Gasteiger partial charge in [-0.3, -0.25) is 19.1 Å². The Morgan fingerprint density at radius 3 is 2.65 bits per heavy atom. The van der Waals surface area contributed by atoms with Crippen molar-refractivity contribution in [3.8, 4) is 34.0 Å². The topological polar surface area (TPSA) is 140 Å². The van der Waals surface area contributed by atoms with E-state index >= 15 is 0 Å². The summed E-state index contributed by atoms with van der Waals surface area (Å²) in [6.07, 6.45) is 10.2. The van der Waals surface area contributed by atoms with E-state index in [-0.39, 0.29) is 22.5 Å². The van der Waals surface area contributed by atoms with Crippen LogP contribution in [0.5, 0.6) is 0 Å². The number of aromatic nitrogens is 9. The van der Waals surface area contributed by atoms with Crippen LogP contribution in [-0.2, 0) is 4.79 Å². The Balaban J connectivity index is 1.31. The van der Waals surface area contributed by atoms with Crippen LogP contribution in [0.3, 0.4) is 0 Å². The number of anilines is 1. The van der Waals surface area contributed by atoms with Crippen molar-refractivity contribution in [2.75, 3.05) is 5.32 Å². The van der Waals surface area contributed by atoms with Crippen molar-refractivity contribution in [1.82, 2.24) is 39.6 Å². The number of nitrogens with zero attached hydrogens (tertiary/aromatic N) is 8. The fourth-order valence-corrected chi connectivity index (χ4v) is 5.93. The number of fused-ring (bicyclic) bond motifs is 4. The molecular formula is C32H27Cl2N10O2+. The summed E-state index contributed by atoms with van der Waals surface area (Å²) < 4.78 is 4.86. The number of carbonyl (C=O) groups excluding carboxylic acids is 1. The Hall–Kier alpha value is -5.20. The fraction of sp³-hybridized carbons (Fsp3) is 0.188. The van der Waals surface area contributed by atoms with Gasteiger partial charge in [0.25, 0.3) is 5.56 Å². The predicted molar refractivity (Wildman–Crippen MR) is 172 cm³/mol. The first-order valence-corrected chi connectivity index (χ1v) is 15.4. The molecule has 0 unspecified atom stereocenters. The van der Waals surface area contributed by atoms with Gasteiger partial charge >= 0.3 is 5.82 Å². The highest BCUT2D eigenvalue weighted by Gasteiger charge is 2.25. The van der Waals surface area contributed by atoms with Crippen molar-refractivity contribution in [2.45, 2.75) is 32.2 Å². The summed E-state index contributed by atoms with van der Waals surface area (Å²) in [4.78, 5) is 40.9. The Morgan fingerprint density at radius 1 is 0.978 bits per heavy atom. The zero-order valence-corrected chi connectivity index (χ0v) is 26.0. The molecule has 14 heteroatoms. The molecule has 1 aliphatic rings. The second-order valence-electron chi connectivity index (χ2n) is 11.1. The highest BCUT2D eigenvalue weighted by molar-refractivity contribution is 6.31. The summed E-state index contributed by atoms with van der Waals surface area (Å²) in [6, 6.07) is 15.6. The van der Waals surface area contributed by atoms with Crippen molar-refractivity contribution in [3.63, 3.8) is 0 Å². The highest BCUT2D eigenvalue weighted by atomic mass is 35.5. The van der Waals surface area contributed by atoms with E-state index in [1.165, 1.54) is 17.1 Å². The lowest BCUT2D eigenvalue weighted by Crippen LogP contribution is -2.33. The van der Waals surface area contributed by atoms with Crippen molar-refractivity contribution >= 4 is 34.8 Å². The van der Waals surface area contributed by atoms with Gasteiger partial charge in [-0.1, -0.05) is 47.8 Å². The Labute approximate surface area is 272 Å². The number of amides is 1. The number of hydrogen-bond acceptors (Lipinski definition) is 7. The molecule has 7 rings (SSSR count). The lowest BCUT2D eigenvalue weighted by atomic mass is 9.97. The molecule has 0 saturated carbocycles. The molecule has 1 aliphatic heterocycles. The van der Waals surface area contributed by atoms with Gasteiger partial charge in [-0.2, -0.15) is 0 Å². The molecule has 0 radical (unpaired) electrons. The molecular weight excluding hydrogens is 627 g/mol. The summed E-state index contributed by atoms with van der Waals surface area (Å²) >= 11 is 12.4. The average Bonchev–Trinajstić information content (AvgIpc) is 3.69. The molecule has 6 aromatic rings. The van der Waals surface area contributed by atoms with Crippen LogP contribution in [0.25, 0.3) is 34.0 Å². The highest BCUT2D eigenvalue weighted by Crippen LogP contribution is 2.32. The Bertz CT molecular complexity index is 2130. The van der Waals surface area contributed by atoms with Crippen LogP contribution in [0, 0.1) is 5.92 Å². The third kappa shape index (κ3) is 5.80. The summed E-state index contributed by atoms with van der Waals surface area (Å²) in [5, 5.41) is 15.1. The molecule has 6 heterocycles. The number of benzene rings is 1. The van der Waals surface area contributed by atoms with E-state index in [0.29, 0.717) is 64.1 Å². The summed E-state index contributed by atoms with van der Waals surface area (Å²) in [7, 11) is 0. The SMILES string of the molecule is C[C@@H]1CCC[C@H](n2cnc(-c3cc(Cl)ccc3-n3cc(Cl)nn3)cc2=O)c2cc(ccn2)-c2[nH][n+](-c3ccccn3)cc2NC1=O. The largest absolute Gasteiger partial charge is 0.346 e. The third-order valence-electron chi connectivity index (χ3n) is 8.01. The zero-order chi connectivity index (χ0) is 31.8. The molecule has 2 N–H and O–H groups in total. The standard InChI is InChI=1S/C32H26Cl2N10O2/c1-19-5-4-6-27(42-18-37-23(15-30(42)45)22-14-21(33)8-9-26(22)43-17-28(34)39-41-43)24-13-20(10-12-35-24)31-25(38-32(19)46)16-44(40-31)29-7-2-3-11-36-29/h2-3,7-19,27H,4-6H2,1H3,(H,38,46)/p+1/t19-,27+/m1/s1. The molecule has 12 nitrogen and oxygen atoms in total. The summed E-state index contributed by atoms with van der Waals surface area (Å²) in [5.74, 6) is 0.316. The summed E-state index contributed by atoms with van der Waals surface area (Å²) in [5.41, 5.74) is 4.16. The van der Waals surface area contributed by atoms with Crippen LogP contribution < -0.4 is 15.6 Å². The van der Waals surface area contributed by atoms with Crippen LogP contribution in [0.15, 0.2) is 90.5 Å². The zero-order valence-electron chi connectivity index (χ0n) is 24.5. The maximum Gasteiger partial charge on any atom is 0.346 e. The fourth-order valence-electron chi connectivity index (χ4n) is 5.63. The van der Waals surface area contributed by atoms with Crippen molar-refractivity contribution < 1.29 is 9.48 Å². The van der Waals surface area contributed by atoms with Crippen LogP contribution in [-0.4, -0.2) is 45.5 Å². The minimum atomic E-state index is -0.432. The van der Waals surface area contributed by atoms with Gasteiger partial charge in [0, 0.05) is 40.4 Å². The molecule has 2 bridgehead atoms. The molecule has 5 aromatic heterocycles. The lowest BCUT2D eigenvalue weighted by Gasteiger charge is -2.22. The van der Waals surface area contributed by atoms with Gasteiger partial charge in [-0.25, -0.2) is 14.8 Å². The van der Waals surface area contributed by atoms with Gasteiger partial charge < -0.3 is 5.32 Å². The maximum absolute atomic E-state index is 13.8. The number of aromatic amines is 1. The molecule has 2 atom stereocenters. The molecule has 1 aromatic carbocycles. The third-order valence-corrected chi connectivity index (χ3v) is 8.41. The number of H-pyrrole nitrogens is 1. The van der Waals surface area contributed by atoms with E-state index in [0.717, 1.165) is 5.56 Å². The minimum Gasteiger partial charge on any atom is -0.321 e. The number of nitrogens with one attached hydrogen (secondary N) is 2. The van der Waals surface area contributed by atoms with Gasteiger partial charge in [-0.15, -0.1) is 9.78 Å². The second-order valence-corrected chi connectivity index (χ2v) is 11.9.